The summed E-state index contributed by atoms with van der Waals surface area (Å²) in [4.78, 5) is 23.9. The Bertz CT molecular complexity index is 690. The highest BCUT2D eigenvalue weighted by Crippen LogP contribution is 2.10. The van der Waals surface area contributed by atoms with Crippen LogP contribution in [0, 0.1) is 0 Å². The van der Waals surface area contributed by atoms with Crippen molar-refractivity contribution in [3.8, 4) is 0 Å². The molecule has 5 heteroatoms. The summed E-state index contributed by atoms with van der Waals surface area (Å²) in [5, 5.41) is 9.98. The fourth-order valence-electron chi connectivity index (χ4n) is 4.73. The van der Waals surface area contributed by atoms with Crippen LogP contribution in [0.5, 0.6) is 0 Å². The van der Waals surface area contributed by atoms with Crippen LogP contribution in [-0.4, -0.2) is 36.4 Å². The molecule has 5 nitrogen and oxygen atoms in total. The Morgan fingerprint density at radius 2 is 0.795 bits per heavy atom. The third-order valence-corrected chi connectivity index (χ3v) is 7.54. The SMILES string of the molecule is CCCCC/C=C/C/C=C\CCCCCCCC(=O)OCC(O)COC(=O)CCCCCCC/C=C/C/C=C/CCCCC. The van der Waals surface area contributed by atoms with Crippen molar-refractivity contribution >= 4 is 11.9 Å². The number of carbonyl (C=O) groups excluding carboxylic acids is 2. The Balaban J connectivity index is 3.51. The Morgan fingerprint density at radius 1 is 0.477 bits per heavy atom. The number of allylic oxidation sites excluding steroid dienone is 8. The Morgan fingerprint density at radius 3 is 1.16 bits per heavy atom. The molecule has 254 valence electrons. The second-order valence-electron chi connectivity index (χ2n) is 12.0. The zero-order valence-corrected chi connectivity index (χ0v) is 28.7. The number of aliphatic hydroxyl groups excluding tert-OH is 1. The summed E-state index contributed by atoms with van der Waals surface area (Å²) in [6, 6.07) is 0. The number of ether oxygens (including phenoxy) is 2. The number of unbranched alkanes of at least 4 members (excludes halogenated alkanes) is 16. The van der Waals surface area contributed by atoms with Crippen molar-refractivity contribution in [1.82, 2.24) is 0 Å². The van der Waals surface area contributed by atoms with Gasteiger partial charge in [-0.2, -0.15) is 0 Å². The number of rotatable bonds is 32. The van der Waals surface area contributed by atoms with Gasteiger partial charge in [0.2, 0.25) is 0 Å². The molecule has 0 radical (unpaired) electrons. The van der Waals surface area contributed by atoms with Gasteiger partial charge in [0.1, 0.15) is 19.3 Å². The Hall–Kier alpha value is -2.14. The maximum Gasteiger partial charge on any atom is 0.305 e. The zero-order valence-electron chi connectivity index (χ0n) is 28.7. The van der Waals surface area contributed by atoms with Crippen molar-refractivity contribution in [2.75, 3.05) is 13.2 Å². The third kappa shape index (κ3) is 34.4. The summed E-state index contributed by atoms with van der Waals surface area (Å²) in [6.45, 7) is 4.21. The van der Waals surface area contributed by atoms with Crippen LogP contribution in [-0.2, 0) is 19.1 Å². The first-order valence-corrected chi connectivity index (χ1v) is 18.2. The monoisotopic (exact) mass is 617 g/mol. The molecule has 0 amide bonds. The van der Waals surface area contributed by atoms with Gasteiger partial charge in [0.05, 0.1) is 0 Å². The number of hydrogen-bond donors (Lipinski definition) is 1. The summed E-state index contributed by atoms with van der Waals surface area (Å²) < 4.78 is 10.3. The summed E-state index contributed by atoms with van der Waals surface area (Å²) in [7, 11) is 0. The molecule has 1 atom stereocenters. The lowest BCUT2D eigenvalue weighted by molar-refractivity contribution is -0.152. The molecule has 0 saturated carbocycles. The first-order chi connectivity index (χ1) is 21.6. The van der Waals surface area contributed by atoms with E-state index in [-0.39, 0.29) is 25.2 Å². The maximum atomic E-state index is 11.9. The lowest BCUT2D eigenvalue weighted by Gasteiger charge is -2.12. The van der Waals surface area contributed by atoms with Crippen molar-refractivity contribution in [3.63, 3.8) is 0 Å². The van der Waals surface area contributed by atoms with Crippen LogP contribution in [0.2, 0.25) is 0 Å². The van der Waals surface area contributed by atoms with Gasteiger partial charge in [-0.3, -0.25) is 9.59 Å². The fraction of sp³-hybridized carbons (Fsp3) is 0.744. The van der Waals surface area contributed by atoms with Gasteiger partial charge >= 0.3 is 11.9 Å². The highest BCUT2D eigenvalue weighted by atomic mass is 16.6. The standard InChI is InChI=1S/C39H68O5/c1-3-5-7-9-11-13-15-17-19-21-23-25-27-29-31-33-38(41)43-35-37(40)36-44-39(42)34-32-30-28-26-24-22-20-18-16-14-12-10-8-6-4-2/h11-14,17-20,37,40H,3-10,15-16,21-36H2,1-2H3/b13-11+,14-12+,19-17-,20-18+. The van der Waals surface area contributed by atoms with E-state index >= 15 is 0 Å². The maximum absolute atomic E-state index is 11.9. The van der Waals surface area contributed by atoms with E-state index in [0.29, 0.717) is 12.8 Å². The lowest BCUT2D eigenvalue weighted by Crippen LogP contribution is -2.25. The molecule has 0 aliphatic carbocycles. The molecule has 44 heavy (non-hydrogen) atoms. The molecule has 1 N–H and O–H groups in total. The summed E-state index contributed by atoms with van der Waals surface area (Å²) in [5.41, 5.74) is 0. The quantitative estimate of drug-likeness (QED) is 0.0462. The average molecular weight is 617 g/mol. The average Bonchev–Trinajstić information content (AvgIpc) is 3.02. The van der Waals surface area contributed by atoms with Crippen LogP contribution >= 0.6 is 0 Å². The lowest BCUT2D eigenvalue weighted by atomic mass is 10.1. The van der Waals surface area contributed by atoms with Crippen LogP contribution in [0.3, 0.4) is 0 Å². The molecular formula is C39H68O5. The molecule has 0 aromatic carbocycles. The summed E-state index contributed by atoms with van der Waals surface area (Å²) >= 11 is 0. The van der Waals surface area contributed by atoms with Crippen LogP contribution in [0.4, 0.5) is 0 Å². The van der Waals surface area contributed by atoms with Gasteiger partial charge in [0.25, 0.3) is 0 Å². The molecule has 0 bridgehead atoms. The van der Waals surface area contributed by atoms with Crippen LogP contribution < -0.4 is 0 Å². The number of hydrogen-bond acceptors (Lipinski definition) is 5. The van der Waals surface area contributed by atoms with Gasteiger partial charge in [-0.25, -0.2) is 0 Å². The normalized spacial score (nSPS) is 12.7. The second kappa shape index (κ2) is 35.3. The number of aliphatic hydroxyl groups is 1. The van der Waals surface area contributed by atoms with Crippen molar-refractivity contribution in [3.05, 3.63) is 48.6 Å². The topological polar surface area (TPSA) is 72.8 Å². The molecule has 0 aromatic heterocycles. The Labute approximate surface area is 271 Å². The van der Waals surface area contributed by atoms with Crippen molar-refractivity contribution in [1.29, 1.82) is 0 Å². The van der Waals surface area contributed by atoms with Crippen LogP contribution in [0.15, 0.2) is 48.6 Å². The Kier molecular flexibility index (Phi) is 33.6. The molecule has 0 spiro atoms. The van der Waals surface area contributed by atoms with Crippen molar-refractivity contribution in [2.24, 2.45) is 0 Å². The fourth-order valence-corrected chi connectivity index (χ4v) is 4.73. The van der Waals surface area contributed by atoms with Crippen molar-refractivity contribution < 1.29 is 24.2 Å². The predicted octanol–water partition coefficient (Wildman–Crippen LogP) is 11.1. The van der Waals surface area contributed by atoms with E-state index < -0.39 is 6.10 Å². The minimum atomic E-state index is -0.975. The van der Waals surface area contributed by atoms with E-state index in [1.165, 1.54) is 77.0 Å². The van der Waals surface area contributed by atoms with Gasteiger partial charge in [-0.1, -0.05) is 127 Å². The van der Waals surface area contributed by atoms with E-state index in [2.05, 4.69) is 62.5 Å². The smallest absolute Gasteiger partial charge is 0.305 e. The highest BCUT2D eigenvalue weighted by molar-refractivity contribution is 5.69. The summed E-state index contributed by atoms with van der Waals surface area (Å²) in [5.74, 6) is -0.600. The van der Waals surface area contributed by atoms with Gasteiger partial charge in [0, 0.05) is 12.8 Å². The van der Waals surface area contributed by atoms with Crippen LogP contribution in [0.1, 0.15) is 168 Å². The van der Waals surface area contributed by atoms with Gasteiger partial charge in [-0.15, -0.1) is 0 Å². The van der Waals surface area contributed by atoms with E-state index in [1.54, 1.807) is 0 Å². The molecule has 0 aliphatic rings. The minimum absolute atomic E-state index is 0.129. The number of esters is 2. The molecule has 0 heterocycles. The first-order valence-electron chi connectivity index (χ1n) is 18.2. The minimum Gasteiger partial charge on any atom is -0.463 e. The van der Waals surface area contributed by atoms with Crippen molar-refractivity contribution in [2.45, 2.75) is 174 Å². The molecule has 0 aromatic rings. The molecule has 0 aliphatic heterocycles. The summed E-state index contributed by atoms with van der Waals surface area (Å²) in [6.07, 6.45) is 42.9. The van der Waals surface area contributed by atoms with E-state index in [0.717, 1.165) is 64.2 Å². The van der Waals surface area contributed by atoms with E-state index in [9.17, 15) is 14.7 Å². The molecule has 1 unspecified atom stereocenters. The van der Waals surface area contributed by atoms with Gasteiger partial charge in [0.15, 0.2) is 0 Å². The largest absolute Gasteiger partial charge is 0.463 e. The third-order valence-electron chi connectivity index (χ3n) is 7.54. The number of carbonyl (C=O) groups is 2. The van der Waals surface area contributed by atoms with E-state index in [4.69, 9.17) is 9.47 Å². The van der Waals surface area contributed by atoms with Crippen LogP contribution in [0.25, 0.3) is 0 Å². The second-order valence-corrected chi connectivity index (χ2v) is 12.0. The predicted molar refractivity (Wildman–Crippen MR) is 187 cm³/mol. The molecule has 0 saturated heterocycles. The molecule has 0 rings (SSSR count). The molecular weight excluding hydrogens is 548 g/mol. The first kappa shape index (κ1) is 41.9. The van der Waals surface area contributed by atoms with Gasteiger partial charge < -0.3 is 14.6 Å². The highest BCUT2D eigenvalue weighted by Gasteiger charge is 2.12. The van der Waals surface area contributed by atoms with Gasteiger partial charge in [-0.05, 0) is 77.0 Å². The zero-order chi connectivity index (χ0) is 32.2. The van der Waals surface area contributed by atoms with E-state index in [1.807, 2.05) is 0 Å². The molecule has 0 fully saturated rings.